The van der Waals surface area contributed by atoms with Crippen molar-refractivity contribution in [1.29, 1.82) is 5.26 Å². The van der Waals surface area contributed by atoms with E-state index in [0.717, 1.165) is 26.3 Å². The van der Waals surface area contributed by atoms with Crippen molar-refractivity contribution < 1.29 is 13.5 Å². The molecule has 1 atom stereocenters. The number of hydrogen-bond acceptors (Lipinski definition) is 6. The third-order valence-corrected chi connectivity index (χ3v) is 4.03. The zero-order chi connectivity index (χ0) is 16.9. The average molecular weight is 330 g/mol. The normalized spacial score (nSPS) is 16.5. The molecule has 1 N–H and O–H groups in total. The van der Waals surface area contributed by atoms with Gasteiger partial charge in [0.2, 0.25) is 17.5 Å². The lowest BCUT2D eigenvalue weighted by atomic mass is 10.2. The first-order valence-electron chi connectivity index (χ1n) is 7.90. The zero-order valence-electron chi connectivity index (χ0n) is 13.5. The summed E-state index contributed by atoms with van der Waals surface area (Å²) >= 11 is 0. The van der Waals surface area contributed by atoms with E-state index in [2.05, 4.69) is 22.1 Å². The molecule has 6 nitrogen and oxygen atoms in total. The third kappa shape index (κ3) is 3.72. The van der Waals surface area contributed by atoms with E-state index in [0.29, 0.717) is 18.0 Å². The molecule has 7 heteroatoms. The fourth-order valence-electron chi connectivity index (χ4n) is 2.65. The number of morpholine rings is 1. The molecule has 1 aliphatic heterocycles. The van der Waals surface area contributed by atoms with E-state index in [4.69, 9.17) is 9.15 Å². The van der Waals surface area contributed by atoms with Crippen LogP contribution in [0.5, 0.6) is 0 Å². The van der Waals surface area contributed by atoms with Crippen molar-refractivity contribution in [2.24, 2.45) is 0 Å². The van der Waals surface area contributed by atoms with Gasteiger partial charge in [-0.2, -0.15) is 10.2 Å². The van der Waals surface area contributed by atoms with Crippen molar-refractivity contribution in [1.82, 2.24) is 9.88 Å². The number of halogens is 1. The molecule has 0 saturated carbocycles. The summed E-state index contributed by atoms with van der Waals surface area (Å²) in [7, 11) is 0. The van der Waals surface area contributed by atoms with Gasteiger partial charge < -0.3 is 14.5 Å². The second-order valence-corrected chi connectivity index (χ2v) is 5.70. The minimum Gasteiger partial charge on any atom is -0.419 e. The van der Waals surface area contributed by atoms with Crippen LogP contribution in [0.3, 0.4) is 0 Å². The Morgan fingerprint density at radius 2 is 2.21 bits per heavy atom. The van der Waals surface area contributed by atoms with Crippen molar-refractivity contribution in [2.45, 2.75) is 13.0 Å². The largest absolute Gasteiger partial charge is 0.419 e. The van der Waals surface area contributed by atoms with Crippen molar-refractivity contribution >= 4 is 5.88 Å². The van der Waals surface area contributed by atoms with Crippen molar-refractivity contribution in [3.8, 4) is 17.5 Å². The molecule has 24 heavy (non-hydrogen) atoms. The Kier molecular flexibility index (Phi) is 5.08. The molecule has 0 aliphatic carbocycles. The molecule has 0 amide bonds. The standard InChI is InChI=1S/C17H19FN4O2/c1-12(22-5-7-23-8-6-22)11-20-17-15(10-19)21-16(24-17)13-3-2-4-14(18)9-13/h2-4,9,12,20H,5-8,11H2,1H3/t12-/m0/s1. The number of aromatic nitrogens is 1. The second-order valence-electron chi connectivity index (χ2n) is 5.70. The number of ether oxygens (including phenoxy) is 1. The Morgan fingerprint density at radius 3 is 2.92 bits per heavy atom. The molecule has 1 saturated heterocycles. The van der Waals surface area contributed by atoms with Crippen molar-refractivity contribution in [2.75, 3.05) is 38.2 Å². The van der Waals surface area contributed by atoms with E-state index in [-0.39, 0.29) is 23.4 Å². The molecule has 2 heterocycles. The minimum absolute atomic E-state index is 0.170. The zero-order valence-corrected chi connectivity index (χ0v) is 13.5. The number of oxazole rings is 1. The smallest absolute Gasteiger partial charge is 0.232 e. The van der Waals surface area contributed by atoms with Gasteiger partial charge in [-0.05, 0) is 25.1 Å². The van der Waals surface area contributed by atoms with Crippen LogP contribution in [-0.4, -0.2) is 48.8 Å². The van der Waals surface area contributed by atoms with Gasteiger partial charge in [0.1, 0.15) is 11.9 Å². The van der Waals surface area contributed by atoms with Crippen LogP contribution in [0.25, 0.3) is 11.5 Å². The highest BCUT2D eigenvalue weighted by atomic mass is 19.1. The lowest BCUT2D eigenvalue weighted by Crippen LogP contribution is -2.45. The SMILES string of the molecule is C[C@@H](CNc1oc(-c2cccc(F)c2)nc1C#N)N1CCOCC1. The number of nitrogens with zero attached hydrogens (tertiary/aromatic N) is 3. The van der Waals surface area contributed by atoms with Crippen LogP contribution in [-0.2, 0) is 4.74 Å². The molecule has 0 radical (unpaired) electrons. The Hall–Kier alpha value is -2.43. The summed E-state index contributed by atoms with van der Waals surface area (Å²) in [5.41, 5.74) is 0.671. The number of anilines is 1. The first-order chi connectivity index (χ1) is 11.7. The van der Waals surface area contributed by atoms with Gasteiger partial charge in [-0.15, -0.1) is 0 Å². The molecule has 0 unspecified atom stereocenters. The Balaban J connectivity index is 1.70. The summed E-state index contributed by atoms with van der Waals surface area (Å²) < 4.78 is 24.3. The average Bonchev–Trinajstić information content (AvgIpc) is 3.04. The summed E-state index contributed by atoms with van der Waals surface area (Å²) in [6.07, 6.45) is 0. The minimum atomic E-state index is -0.375. The summed E-state index contributed by atoms with van der Waals surface area (Å²) in [4.78, 5) is 6.45. The molecule has 126 valence electrons. The van der Waals surface area contributed by atoms with Gasteiger partial charge in [0.25, 0.3) is 0 Å². The highest BCUT2D eigenvalue weighted by molar-refractivity contribution is 5.58. The fraction of sp³-hybridized carbons (Fsp3) is 0.412. The van der Waals surface area contributed by atoms with Crippen LogP contribution in [0, 0.1) is 17.1 Å². The molecular weight excluding hydrogens is 311 g/mol. The molecule has 2 aromatic rings. The van der Waals surface area contributed by atoms with E-state index in [9.17, 15) is 9.65 Å². The first kappa shape index (κ1) is 16.4. The molecular formula is C17H19FN4O2. The van der Waals surface area contributed by atoms with E-state index in [1.54, 1.807) is 12.1 Å². The Labute approximate surface area is 139 Å². The predicted molar refractivity (Wildman–Crippen MR) is 87.0 cm³/mol. The maximum absolute atomic E-state index is 13.3. The fourth-order valence-corrected chi connectivity index (χ4v) is 2.65. The molecule has 1 fully saturated rings. The number of hydrogen-bond donors (Lipinski definition) is 1. The maximum atomic E-state index is 13.3. The summed E-state index contributed by atoms with van der Waals surface area (Å²) in [5, 5.41) is 12.4. The molecule has 0 spiro atoms. The highest BCUT2D eigenvalue weighted by Crippen LogP contribution is 2.25. The van der Waals surface area contributed by atoms with Gasteiger partial charge in [0.05, 0.1) is 13.2 Å². The Morgan fingerprint density at radius 1 is 1.42 bits per heavy atom. The molecule has 3 rings (SSSR count). The van der Waals surface area contributed by atoms with E-state index in [1.165, 1.54) is 12.1 Å². The molecule has 0 bridgehead atoms. The molecule has 1 aliphatic rings. The van der Waals surface area contributed by atoms with Gasteiger partial charge in [-0.1, -0.05) is 6.07 Å². The second kappa shape index (κ2) is 7.43. The van der Waals surface area contributed by atoms with Crippen LogP contribution in [0.15, 0.2) is 28.7 Å². The summed E-state index contributed by atoms with van der Waals surface area (Å²) in [6.45, 7) is 5.97. The lowest BCUT2D eigenvalue weighted by molar-refractivity contribution is 0.0226. The van der Waals surface area contributed by atoms with Gasteiger partial charge in [-0.3, -0.25) is 4.90 Å². The number of benzene rings is 1. The van der Waals surface area contributed by atoms with Crippen LogP contribution >= 0.6 is 0 Å². The Bertz CT molecular complexity index is 734. The maximum Gasteiger partial charge on any atom is 0.232 e. The number of nitriles is 1. The molecule has 1 aromatic heterocycles. The van der Waals surface area contributed by atoms with Crippen LogP contribution in [0.1, 0.15) is 12.6 Å². The van der Waals surface area contributed by atoms with Gasteiger partial charge in [0.15, 0.2) is 0 Å². The quantitative estimate of drug-likeness (QED) is 0.908. The van der Waals surface area contributed by atoms with E-state index < -0.39 is 0 Å². The summed E-state index contributed by atoms with van der Waals surface area (Å²) in [5.74, 6) is 0.170. The van der Waals surface area contributed by atoms with Crippen LogP contribution in [0.4, 0.5) is 10.3 Å². The lowest BCUT2D eigenvalue weighted by Gasteiger charge is -2.32. The first-order valence-corrected chi connectivity index (χ1v) is 7.90. The van der Waals surface area contributed by atoms with Crippen molar-refractivity contribution in [3.63, 3.8) is 0 Å². The van der Waals surface area contributed by atoms with Crippen LogP contribution < -0.4 is 5.32 Å². The van der Waals surface area contributed by atoms with E-state index in [1.807, 2.05) is 6.07 Å². The predicted octanol–water partition coefficient (Wildman–Crippen LogP) is 2.48. The van der Waals surface area contributed by atoms with Crippen molar-refractivity contribution in [3.05, 3.63) is 35.8 Å². The summed E-state index contributed by atoms with van der Waals surface area (Å²) in [6, 6.07) is 8.22. The number of rotatable bonds is 5. The van der Waals surface area contributed by atoms with Gasteiger partial charge in [-0.25, -0.2) is 4.39 Å². The van der Waals surface area contributed by atoms with Gasteiger partial charge >= 0.3 is 0 Å². The van der Waals surface area contributed by atoms with Gasteiger partial charge in [0, 0.05) is 31.2 Å². The third-order valence-electron chi connectivity index (χ3n) is 4.03. The van der Waals surface area contributed by atoms with E-state index >= 15 is 0 Å². The topological polar surface area (TPSA) is 74.3 Å². The molecule has 1 aromatic carbocycles. The monoisotopic (exact) mass is 330 g/mol. The number of nitrogens with one attached hydrogen (secondary N) is 1. The van der Waals surface area contributed by atoms with Crippen LogP contribution in [0.2, 0.25) is 0 Å². The highest BCUT2D eigenvalue weighted by Gasteiger charge is 2.19.